The third kappa shape index (κ3) is 5.79. The van der Waals surface area contributed by atoms with E-state index in [0.717, 1.165) is 35.4 Å². The van der Waals surface area contributed by atoms with Crippen molar-refractivity contribution in [3.05, 3.63) is 58.9 Å². The van der Waals surface area contributed by atoms with Crippen molar-refractivity contribution in [2.75, 3.05) is 13.7 Å². The van der Waals surface area contributed by atoms with Crippen LogP contribution in [0.4, 0.5) is 0 Å². The molecule has 0 fully saturated rings. The molecule has 0 aliphatic carbocycles. The summed E-state index contributed by atoms with van der Waals surface area (Å²) in [7, 11) is 1.56. The van der Waals surface area contributed by atoms with Crippen molar-refractivity contribution in [2.45, 2.75) is 39.8 Å². The van der Waals surface area contributed by atoms with Gasteiger partial charge in [0.05, 0.1) is 29.3 Å². The number of fused-ring (bicyclic) bond motifs is 1. The number of carbonyl (C=O) groups excluding carboxylic acids is 1. The van der Waals surface area contributed by atoms with Gasteiger partial charge in [-0.25, -0.2) is 4.98 Å². The monoisotopic (exact) mass is 441 g/mol. The Hall–Kier alpha value is -2.99. The minimum Gasteiger partial charge on any atom is -0.493 e. The number of aryl methyl sites for hydroxylation is 2. The van der Waals surface area contributed by atoms with Gasteiger partial charge in [-0.15, -0.1) is 0 Å². The first-order valence-corrected chi connectivity index (χ1v) is 10.7. The van der Waals surface area contributed by atoms with Gasteiger partial charge in [0, 0.05) is 19.2 Å². The molecule has 0 bridgehead atoms. The SMILES string of the molecule is COc1cc(/C=C/C(=O)NCCCn2c(C)nc3ccccc32)cc(Cl)c1OC(C)C. The Morgan fingerprint density at radius 1 is 1.29 bits per heavy atom. The lowest BCUT2D eigenvalue weighted by Crippen LogP contribution is -2.23. The molecule has 1 amide bonds. The lowest BCUT2D eigenvalue weighted by molar-refractivity contribution is -0.116. The lowest BCUT2D eigenvalue weighted by atomic mass is 10.2. The summed E-state index contributed by atoms with van der Waals surface area (Å²) >= 11 is 6.33. The molecule has 1 aromatic heterocycles. The molecule has 3 aromatic rings. The molecular formula is C24H28ClN3O3. The molecule has 0 spiro atoms. The number of aromatic nitrogens is 2. The third-order valence-electron chi connectivity index (χ3n) is 4.74. The van der Waals surface area contributed by atoms with Gasteiger partial charge >= 0.3 is 0 Å². The number of nitrogens with zero attached hydrogens (tertiary/aromatic N) is 2. The fraction of sp³-hybridized carbons (Fsp3) is 0.333. The van der Waals surface area contributed by atoms with E-state index in [1.54, 1.807) is 25.3 Å². The van der Waals surface area contributed by atoms with Gasteiger partial charge in [-0.05, 0) is 63.1 Å². The van der Waals surface area contributed by atoms with E-state index in [9.17, 15) is 4.79 Å². The topological polar surface area (TPSA) is 65.4 Å². The molecule has 0 saturated carbocycles. The van der Waals surface area contributed by atoms with Crippen LogP contribution in [-0.4, -0.2) is 35.2 Å². The van der Waals surface area contributed by atoms with E-state index in [0.29, 0.717) is 23.1 Å². The van der Waals surface area contributed by atoms with Crippen LogP contribution in [0, 0.1) is 6.92 Å². The van der Waals surface area contributed by atoms with Crippen molar-refractivity contribution < 1.29 is 14.3 Å². The first-order valence-electron chi connectivity index (χ1n) is 10.3. The van der Waals surface area contributed by atoms with E-state index >= 15 is 0 Å². The highest BCUT2D eigenvalue weighted by molar-refractivity contribution is 6.32. The van der Waals surface area contributed by atoms with Gasteiger partial charge < -0.3 is 19.4 Å². The van der Waals surface area contributed by atoms with Gasteiger partial charge in [0.15, 0.2) is 11.5 Å². The van der Waals surface area contributed by atoms with Crippen molar-refractivity contribution in [3.63, 3.8) is 0 Å². The summed E-state index contributed by atoms with van der Waals surface area (Å²) in [6.45, 7) is 7.20. The third-order valence-corrected chi connectivity index (χ3v) is 5.02. The molecule has 3 rings (SSSR count). The van der Waals surface area contributed by atoms with Crippen LogP contribution in [0.25, 0.3) is 17.1 Å². The Balaban J connectivity index is 1.55. The van der Waals surface area contributed by atoms with E-state index in [2.05, 4.69) is 20.9 Å². The van der Waals surface area contributed by atoms with Crippen LogP contribution < -0.4 is 14.8 Å². The average molecular weight is 442 g/mol. The van der Waals surface area contributed by atoms with Crippen LogP contribution in [0.5, 0.6) is 11.5 Å². The maximum atomic E-state index is 12.2. The van der Waals surface area contributed by atoms with Crippen LogP contribution in [0.15, 0.2) is 42.5 Å². The lowest BCUT2D eigenvalue weighted by Gasteiger charge is -2.15. The highest BCUT2D eigenvalue weighted by Gasteiger charge is 2.13. The van der Waals surface area contributed by atoms with Gasteiger partial charge in [-0.3, -0.25) is 4.79 Å². The molecule has 6 nitrogen and oxygen atoms in total. The van der Waals surface area contributed by atoms with Crippen molar-refractivity contribution in [1.82, 2.24) is 14.9 Å². The number of para-hydroxylation sites is 2. The molecule has 1 heterocycles. The van der Waals surface area contributed by atoms with Crippen LogP contribution in [0.3, 0.4) is 0 Å². The first kappa shape index (κ1) is 22.7. The van der Waals surface area contributed by atoms with Crippen molar-refractivity contribution >= 4 is 34.6 Å². The number of ether oxygens (including phenoxy) is 2. The first-order chi connectivity index (χ1) is 14.9. The quantitative estimate of drug-likeness (QED) is 0.374. The summed E-state index contributed by atoms with van der Waals surface area (Å²) in [5.74, 6) is 1.85. The number of rotatable bonds is 9. The van der Waals surface area contributed by atoms with Gasteiger partial charge in [-0.2, -0.15) is 0 Å². The number of hydrogen-bond donors (Lipinski definition) is 1. The van der Waals surface area contributed by atoms with Crippen LogP contribution >= 0.6 is 11.6 Å². The van der Waals surface area contributed by atoms with Crippen molar-refractivity contribution in [3.8, 4) is 11.5 Å². The van der Waals surface area contributed by atoms with Gasteiger partial charge in [0.1, 0.15) is 5.82 Å². The molecule has 7 heteroatoms. The molecule has 164 valence electrons. The van der Waals surface area contributed by atoms with Crippen LogP contribution in [-0.2, 0) is 11.3 Å². The van der Waals surface area contributed by atoms with E-state index in [1.165, 1.54) is 6.08 Å². The molecule has 2 aromatic carbocycles. The second-order valence-electron chi connectivity index (χ2n) is 7.48. The van der Waals surface area contributed by atoms with E-state index in [4.69, 9.17) is 21.1 Å². The second-order valence-corrected chi connectivity index (χ2v) is 7.89. The molecule has 0 atom stereocenters. The zero-order valence-corrected chi connectivity index (χ0v) is 19.1. The number of carbonyl (C=O) groups is 1. The van der Waals surface area contributed by atoms with Gasteiger partial charge in [-0.1, -0.05) is 23.7 Å². The zero-order valence-electron chi connectivity index (χ0n) is 18.3. The van der Waals surface area contributed by atoms with E-state index < -0.39 is 0 Å². The fourth-order valence-corrected chi connectivity index (χ4v) is 3.61. The largest absolute Gasteiger partial charge is 0.493 e. The smallest absolute Gasteiger partial charge is 0.244 e. The maximum absolute atomic E-state index is 12.2. The minimum atomic E-state index is -0.162. The highest BCUT2D eigenvalue weighted by Crippen LogP contribution is 2.37. The summed E-state index contributed by atoms with van der Waals surface area (Å²) in [5.41, 5.74) is 2.86. The molecule has 0 aliphatic heterocycles. The number of hydrogen-bond acceptors (Lipinski definition) is 4. The number of amides is 1. The Kier molecular flexibility index (Phi) is 7.58. The van der Waals surface area contributed by atoms with Gasteiger partial charge in [0.25, 0.3) is 0 Å². The summed E-state index contributed by atoms with van der Waals surface area (Å²) in [6, 6.07) is 11.6. The number of nitrogens with one attached hydrogen (secondary N) is 1. The Bertz CT molecular complexity index is 1090. The standard InChI is InChI=1S/C24H28ClN3O3/c1-16(2)31-24-19(25)14-18(15-22(24)30-4)10-11-23(29)26-12-7-13-28-17(3)27-20-8-5-6-9-21(20)28/h5-6,8-11,14-16H,7,12-13H2,1-4H3,(H,26,29)/b11-10+. The maximum Gasteiger partial charge on any atom is 0.244 e. The number of imidazole rings is 1. The predicted molar refractivity (Wildman–Crippen MR) is 125 cm³/mol. The number of methoxy groups -OCH3 is 1. The Morgan fingerprint density at radius 3 is 2.81 bits per heavy atom. The predicted octanol–water partition coefficient (Wildman–Crippen LogP) is 5.01. The Morgan fingerprint density at radius 2 is 2.06 bits per heavy atom. The number of halogens is 1. The molecule has 1 N–H and O–H groups in total. The van der Waals surface area contributed by atoms with Crippen LogP contribution in [0.2, 0.25) is 5.02 Å². The molecule has 0 unspecified atom stereocenters. The van der Waals surface area contributed by atoms with Crippen molar-refractivity contribution in [2.24, 2.45) is 0 Å². The normalized spacial score (nSPS) is 11.4. The molecule has 31 heavy (non-hydrogen) atoms. The van der Waals surface area contributed by atoms with E-state index in [-0.39, 0.29) is 12.0 Å². The highest BCUT2D eigenvalue weighted by atomic mass is 35.5. The molecule has 0 aliphatic rings. The molecule has 0 radical (unpaired) electrons. The molecular weight excluding hydrogens is 414 g/mol. The second kappa shape index (κ2) is 10.4. The zero-order chi connectivity index (χ0) is 22.4. The Labute approximate surface area is 187 Å². The fourth-order valence-electron chi connectivity index (χ4n) is 3.34. The number of benzene rings is 2. The minimum absolute atomic E-state index is 0.0253. The van der Waals surface area contributed by atoms with Gasteiger partial charge in [0.2, 0.25) is 5.91 Å². The summed E-state index contributed by atoms with van der Waals surface area (Å²) in [4.78, 5) is 16.8. The average Bonchev–Trinajstić information content (AvgIpc) is 3.06. The summed E-state index contributed by atoms with van der Waals surface area (Å²) < 4.78 is 13.3. The molecule has 0 saturated heterocycles. The summed E-state index contributed by atoms with van der Waals surface area (Å²) in [5, 5.41) is 3.36. The van der Waals surface area contributed by atoms with E-state index in [1.807, 2.05) is 39.0 Å². The van der Waals surface area contributed by atoms with Crippen molar-refractivity contribution in [1.29, 1.82) is 0 Å². The van der Waals surface area contributed by atoms with Crippen LogP contribution in [0.1, 0.15) is 31.7 Å². The summed E-state index contributed by atoms with van der Waals surface area (Å²) in [6.07, 6.45) is 3.98.